The molecule has 1 atom stereocenters. The van der Waals surface area contributed by atoms with Gasteiger partial charge >= 0.3 is 0 Å². The van der Waals surface area contributed by atoms with Crippen LogP contribution in [0.25, 0.3) is 0 Å². The SMILES string of the molecule is CC(CO)N(C)C(=O)c1ccn[nH]1. The molecule has 1 heterocycles. The van der Waals surface area contributed by atoms with E-state index in [9.17, 15) is 4.79 Å². The second kappa shape index (κ2) is 4.04. The monoisotopic (exact) mass is 183 g/mol. The van der Waals surface area contributed by atoms with E-state index in [1.165, 1.54) is 11.1 Å². The molecule has 13 heavy (non-hydrogen) atoms. The maximum atomic E-state index is 11.5. The topological polar surface area (TPSA) is 69.2 Å². The number of nitrogens with one attached hydrogen (secondary N) is 1. The molecule has 0 bridgehead atoms. The van der Waals surface area contributed by atoms with Crippen molar-refractivity contribution < 1.29 is 9.90 Å². The molecule has 1 unspecified atom stereocenters. The minimum absolute atomic E-state index is 0.0453. The Labute approximate surface area is 76.4 Å². The first-order valence-electron chi connectivity index (χ1n) is 4.04. The minimum atomic E-state index is -0.184. The van der Waals surface area contributed by atoms with Crippen molar-refractivity contribution in [3.63, 3.8) is 0 Å². The van der Waals surface area contributed by atoms with Crippen LogP contribution in [0.2, 0.25) is 0 Å². The largest absolute Gasteiger partial charge is 0.394 e. The number of aromatic amines is 1. The van der Waals surface area contributed by atoms with Crippen LogP contribution in [0.4, 0.5) is 0 Å². The predicted octanol–water partition coefficient (Wildman–Crippen LogP) is -0.138. The molecule has 1 amide bonds. The number of likely N-dealkylation sites (N-methyl/N-ethyl adjacent to an activating group) is 1. The number of carbonyl (C=O) groups excluding carboxylic acids is 1. The molecular weight excluding hydrogens is 170 g/mol. The van der Waals surface area contributed by atoms with Gasteiger partial charge in [-0.1, -0.05) is 0 Å². The van der Waals surface area contributed by atoms with Crippen molar-refractivity contribution in [1.82, 2.24) is 15.1 Å². The average molecular weight is 183 g/mol. The van der Waals surface area contributed by atoms with Gasteiger partial charge in [0.2, 0.25) is 0 Å². The van der Waals surface area contributed by atoms with E-state index in [-0.39, 0.29) is 18.6 Å². The van der Waals surface area contributed by atoms with Crippen LogP contribution in [0.5, 0.6) is 0 Å². The van der Waals surface area contributed by atoms with Crippen molar-refractivity contribution in [2.24, 2.45) is 0 Å². The smallest absolute Gasteiger partial charge is 0.271 e. The zero-order valence-corrected chi connectivity index (χ0v) is 7.69. The Hall–Kier alpha value is -1.36. The molecular formula is C8H13N3O2. The van der Waals surface area contributed by atoms with Crippen molar-refractivity contribution in [3.8, 4) is 0 Å². The maximum Gasteiger partial charge on any atom is 0.271 e. The zero-order valence-electron chi connectivity index (χ0n) is 7.69. The van der Waals surface area contributed by atoms with E-state index in [2.05, 4.69) is 10.2 Å². The quantitative estimate of drug-likeness (QED) is 0.685. The summed E-state index contributed by atoms with van der Waals surface area (Å²) in [5.41, 5.74) is 0.433. The Morgan fingerprint density at radius 3 is 3.00 bits per heavy atom. The van der Waals surface area contributed by atoms with Crippen molar-refractivity contribution in [2.45, 2.75) is 13.0 Å². The van der Waals surface area contributed by atoms with Gasteiger partial charge in [-0.25, -0.2) is 0 Å². The van der Waals surface area contributed by atoms with Gasteiger partial charge in [-0.3, -0.25) is 9.89 Å². The fraction of sp³-hybridized carbons (Fsp3) is 0.500. The number of nitrogens with zero attached hydrogens (tertiary/aromatic N) is 2. The molecule has 0 spiro atoms. The number of hydrogen-bond acceptors (Lipinski definition) is 3. The van der Waals surface area contributed by atoms with Gasteiger partial charge in [0.25, 0.3) is 5.91 Å². The van der Waals surface area contributed by atoms with E-state index in [0.717, 1.165) is 0 Å². The zero-order chi connectivity index (χ0) is 9.84. The summed E-state index contributed by atoms with van der Waals surface area (Å²) in [4.78, 5) is 13.0. The average Bonchev–Trinajstić information content (AvgIpc) is 2.67. The molecule has 0 aliphatic heterocycles. The third kappa shape index (κ3) is 2.06. The second-order valence-electron chi connectivity index (χ2n) is 2.92. The normalized spacial score (nSPS) is 12.5. The minimum Gasteiger partial charge on any atom is -0.394 e. The molecule has 0 radical (unpaired) electrons. The fourth-order valence-electron chi connectivity index (χ4n) is 0.888. The highest BCUT2D eigenvalue weighted by Crippen LogP contribution is 2.02. The predicted molar refractivity (Wildman–Crippen MR) is 47.2 cm³/mol. The lowest BCUT2D eigenvalue weighted by Crippen LogP contribution is -2.37. The summed E-state index contributed by atoms with van der Waals surface area (Å²) in [6.07, 6.45) is 1.52. The first-order chi connectivity index (χ1) is 6.16. The van der Waals surface area contributed by atoms with Crippen molar-refractivity contribution in [1.29, 1.82) is 0 Å². The van der Waals surface area contributed by atoms with Gasteiger partial charge in [-0.15, -0.1) is 0 Å². The number of aliphatic hydroxyl groups is 1. The van der Waals surface area contributed by atoms with Crippen LogP contribution in [-0.2, 0) is 0 Å². The van der Waals surface area contributed by atoms with Gasteiger partial charge in [-0.05, 0) is 13.0 Å². The number of hydrogen-bond donors (Lipinski definition) is 2. The summed E-state index contributed by atoms with van der Waals surface area (Å²) >= 11 is 0. The van der Waals surface area contributed by atoms with Crippen molar-refractivity contribution in [3.05, 3.63) is 18.0 Å². The summed E-state index contributed by atoms with van der Waals surface area (Å²) < 4.78 is 0. The van der Waals surface area contributed by atoms with Crippen molar-refractivity contribution >= 4 is 5.91 Å². The highest BCUT2D eigenvalue weighted by molar-refractivity contribution is 5.92. The van der Waals surface area contributed by atoms with Crippen LogP contribution in [0.3, 0.4) is 0 Å². The van der Waals surface area contributed by atoms with Gasteiger partial charge in [-0.2, -0.15) is 5.10 Å². The molecule has 1 aromatic heterocycles. The number of carbonyl (C=O) groups is 1. The van der Waals surface area contributed by atoms with Gasteiger partial charge in [0, 0.05) is 13.2 Å². The lowest BCUT2D eigenvalue weighted by atomic mass is 10.3. The van der Waals surface area contributed by atoms with E-state index in [1.807, 2.05) is 0 Å². The second-order valence-corrected chi connectivity index (χ2v) is 2.92. The van der Waals surface area contributed by atoms with Gasteiger partial charge in [0.15, 0.2) is 0 Å². The Bertz CT molecular complexity index is 271. The maximum absolute atomic E-state index is 11.5. The summed E-state index contributed by atoms with van der Waals surface area (Å²) in [6.45, 7) is 1.73. The lowest BCUT2D eigenvalue weighted by molar-refractivity contribution is 0.0676. The Morgan fingerprint density at radius 2 is 2.54 bits per heavy atom. The van der Waals surface area contributed by atoms with Crippen LogP contribution >= 0.6 is 0 Å². The van der Waals surface area contributed by atoms with E-state index in [1.54, 1.807) is 20.0 Å². The molecule has 5 nitrogen and oxygen atoms in total. The Kier molecular flexibility index (Phi) is 3.02. The van der Waals surface area contributed by atoms with E-state index >= 15 is 0 Å². The molecule has 5 heteroatoms. The van der Waals surface area contributed by atoms with Crippen LogP contribution < -0.4 is 0 Å². The molecule has 0 fully saturated rings. The van der Waals surface area contributed by atoms with E-state index in [0.29, 0.717) is 5.69 Å². The molecule has 2 N–H and O–H groups in total. The van der Waals surface area contributed by atoms with Crippen LogP contribution in [0.15, 0.2) is 12.3 Å². The fourth-order valence-corrected chi connectivity index (χ4v) is 0.888. The summed E-state index contributed by atoms with van der Waals surface area (Å²) in [6, 6.07) is 1.42. The molecule has 0 saturated heterocycles. The standard InChI is InChI=1S/C8H13N3O2/c1-6(5-12)11(2)8(13)7-3-4-9-10-7/h3-4,6,12H,5H2,1-2H3,(H,9,10). The molecule has 0 aromatic carbocycles. The first-order valence-corrected chi connectivity index (χ1v) is 4.04. The van der Waals surface area contributed by atoms with Crippen LogP contribution in [0.1, 0.15) is 17.4 Å². The van der Waals surface area contributed by atoms with Crippen LogP contribution in [0, 0.1) is 0 Å². The van der Waals surface area contributed by atoms with Gasteiger partial charge < -0.3 is 10.0 Å². The summed E-state index contributed by atoms with van der Waals surface area (Å²) in [5, 5.41) is 15.1. The van der Waals surface area contributed by atoms with Crippen LogP contribution in [-0.4, -0.2) is 45.8 Å². The Balaban J connectivity index is 2.68. The van der Waals surface area contributed by atoms with Gasteiger partial charge in [0.05, 0.1) is 12.6 Å². The first kappa shape index (κ1) is 9.73. The molecule has 0 aliphatic carbocycles. The number of amides is 1. The van der Waals surface area contributed by atoms with Gasteiger partial charge in [0.1, 0.15) is 5.69 Å². The number of rotatable bonds is 3. The third-order valence-corrected chi connectivity index (χ3v) is 1.98. The molecule has 0 saturated carbocycles. The molecule has 0 aliphatic rings. The molecule has 1 aromatic rings. The lowest BCUT2D eigenvalue weighted by Gasteiger charge is -2.22. The third-order valence-electron chi connectivity index (χ3n) is 1.98. The van der Waals surface area contributed by atoms with E-state index in [4.69, 9.17) is 5.11 Å². The highest BCUT2D eigenvalue weighted by Gasteiger charge is 2.17. The summed E-state index contributed by atoms with van der Waals surface area (Å²) in [5.74, 6) is -0.168. The highest BCUT2D eigenvalue weighted by atomic mass is 16.3. The molecule has 1 rings (SSSR count). The summed E-state index contributed by atoms with van der Waals surface area (Å²) in [7, 11) is 1.64. The Morgan fingerprint density at radius 1 is 1.85 bits per heavy atom. The molecule has 72 valence electrons. The van der Waals surface area contributed by atoms with E-state index < -0.39 is 0 Å². The number of aliphatic hydroxyl groups excluding tert-OH is 1. The number of aromatic nitrogens is 2. The van der Waals surface area contributed by atoms with Crippen molar-refractivity contribution in [2.75, 3.05) is 13.7 Å². The number of H-pyrrole nitrogens is 1.